The Morgan fingerprint density at radius 1 is 1.20 bits per heavy atom. The summed E-state index contributed by atoms with van der Waals surface area (Å²) in [5.74, 6) is 0.776. The lowest BCUT2D eigenvalue weighted by atomic mass is 9.82. The molecule has 3 heteroatoms. The first kappa shape index (κ1) is 14.9. The lowest BCUT2D eigenvalue weighted by Gasteiger charge is -2.31. The van der Waals surface area contributed by atoms with Crippen molar-refractivity contribution < 1.29 is 9.53 Å². The Hall–Kier alpha value is -1.51. The van der Waals surface area contributed by atoms with Gasteiger partial charge in [0.15, 0.2) is 0 Å². The molecular formula is C17H25NO2. The van der Waals surface area contributed by atoms with Gasteiger partial charge in [0, 0.05) is 19.3 Å². The van der Waals surface area contributed by atoms with Gasteiger partial charge < -0.3 is 9.64 Å². The molecule has 1 aromatic carbocycles. The van der Waals surface area contributed by atoms with Crippen molar-refractivity contribution >= 4 is 11.7 Å². The minimum Gasteiger partial charge on any atom is -0.469 e. The number of hydrogen-bond acceptors (Lipinski definition) is 3. The molecule has 0 radical (unpaired) electrons. The Morgan fingerprint density at radius 3 is 2.35 bits per heavy atom. The standard InChI is InChI=1S/C17H25NO2/c1-13-4-10-16(11-5-13)18(2)12-14-6-8-15(9-7-14)17(19)20-3/h4-5,10-11,14-15H,6-9,12H2,1-3H3. The number of anilines is 1. The van der Waals surface area contributed by atoms with Gasteiger partial charge in [-0.3, -0.25) is 4.79 Å². The van der Waals surface area contributed by atoms with E-state index in [4.69, 9.17) is 4.74 Å². The Morgan fingerprint density at radius 2 is 1.80 bits per heavy atom. The van der Waals surface area contributed by atoms with Crippen molar-refractivity contribution in [3.05, 3.63) is 29.8 Å². The van der Waals surface area contributed by atoms with E-state index in [1.165, 1.54) is 18.4 Å². The second-order valence-corrected chi connectivity index (χ2v) is 5.96. The molecule has 0 heterocycles. The fraction of sp³-hybridized carbons (Fsp3) is 0.588. The van der Waals surface area contributed by atoms with Crippen LogP contribution in [0.3, 0.4) is 0 Å². The minimum absolute atomic E-state index is 0.0321. The summed E-state index contributed by atoms with van der Waals surface area (Å²) in [4.78, 5) is 13.8. The highest BCUT2D eigenvalue weighted by atomic mass is 16.5. The molecule has 110 valence electrons. The molecule has 0 unspecified atom stereocenters. The summed E-state index contributed by atoms with van der Waals surface area (Å²) in [6.45, 7) is 3.18. The first-order chi connectivity index (χ1) is 9.60. The van der Waals surface area contributed by atoms with Crippen molar-refractivity contribution in [2.75, 3.05) is 25.6 Å². The minimum atomic E-state index is -0.0321. The van der Waals surface area contributed by atoms with E-state index < -0.39 is 0 Å². The van der Waals surface area contributed by atoms with Crippen LogP contribution in [0, 0.1) is 18.8 Å². The molecule has 0 atom stereocenters. The molecule has 1 saturated carbocycles. The summed E-state index contributed by atoms with van der Waals surface area (Å²) in [7, 11) is 3.64. The molecule has 0 N–H and O–H groups in total. The molecule has 0 aliphatic heterocycles. The topological polar surface area (TPSA) is 29.5 Å². The molecular weight excluding hydrogens is 250 g/mol. The molecule has 20 heavy (non-hydrogen) atoms. The number of rotatable bonds is 4. The lowest BCUT2D eigenvalue weighted by molar-refractivity contribution is -0.146. The molecule has 2 rings (SSSR count). The van der Waals surface area contributed by atoms with Gasteiger partial charge >= 0.3 is 5.97 Å². The number of aryl methyl sites for hydroxylation is 1. The highest BCUT2D eigenvalue weighted by molar-refractivity contribution is 5.72. The quantitative estimate of drug-likeness (QED) is 0.789. The van der Waals surface area contributed by atoms with Crippen molar-refractivity contribution in [2.45, 2.75) is 32.6 Å². The predicted molar refractivity (Wildman–Crippen MR) is 81.9 cm³/mol. The van der Waals surface area contributed by atoms with E-state index in [0.29, 0.717) is 5.92 Å². The van der Waals surface area contributed by atoms with Crippen LogP contribution in [0.4, 0.5) is 5.69 Å². The van der Waals surface area contributed by atoms with E-state index in [1.54, 1.807) is 0 Å². The van der Waals surface area contributed by atoms with Gasteiger partial charge in [-0.05, 0) is 50.7 Å². The van der Waals surface area contributed by atoms with E-state index in [1.807, 2.05) is 0 Å². The van der Waals surface area contributed by atoms with Crippen LogP contribution in [0.5, 0.6) is 0 Å². The van der Waals surface area contributed by atoms with Gasteiger partial charge in [-0.25, -0.2) is 0 Å². The number of nitrogens with zero attached hydrogens (tertiary/aromatic N) is 1. The average molecular weight is 275 g/mol. The summed E-state index contributed by atoms with van der Waals surface area (Å²) in [5, 5.41) is 0. The Kier molecular flexibility index (Phi) is 5.05. The second-order valence-electron chi connectivity index (χ2n) is 5.96. The Labute approximate surface area is 121 Å². The molecule has 1 aliphatic rings. The molecule has 1 aliphatic carbocycles. The van der Waals surface area contributed by atoms with Crippen molar-refractivity contribution in [2.24, 2.45) is 11.8 Å². The van der Waals surface area contributed by atoms with Gasteiger partial charge in [0.25, 0.3) is 0 Å². The normalized spacial score (nSPS) is 22.4. The second kappa shape index (κ2) is 6.78. The molecule has 0 spiro atoms. The summed E-state index contributed by atoms with van der Waals surface area (Å²) in [5.41, 5.74) is 2.56. The maximum atomic E-state index is 11.5. The zero-order valence-electron chi connectivity index (χ0n) is 12.8. The monoisotopic (exact) mass is 275 g/mol. The van der Waals surface area contributed by atoms with Gasteiger partial charge in [-0.15, -0.1) is 0 Å². The number of methoxy groups -OCH3 is 1. The summed E-state index contributed by atoms with van der Waals surface area (Å²) >= 11 is 0. The first-order valence-corrected chi connectivity index (χ1v) is 7.45. The van der Waals surface area contributed by atoms with Crippen LogP contribution < -0.4 is 4.90 Å². The summed E-state index contributed by atoms with van der Waals surface area (Å²) < 4.78 is 4.84. The molecule has 0 aromatic heterocycles. The van der Waals surface area contributed by atoms with E-state index in [-0.39, 0.29) is 11.9 Å². The maximum absolute atomic E-state index is 11.5. The molecule has 0 amide bonds. The van der Waals surface area contributed by atoms with Crippen LogP contribution in [0.15, 0.2) is 24.3 Å². The fourth-order valence-electron chi connectivity index (χ4n) is 3.04. The maximum Gasteiger partial charge on any atom is 0.308 e. The number of benzene rings is 1. The molecule has 1 fully saturated rings. The third-order valence-corrected chi connectivity index (χ3v) is 4.39. The summed E-state index contributed by atoms with van der Waals surface area (Å²) in [6.07, 6.45) is 4.18. The SMILES string of the molecule is COC(=O)C1CCC(CN(C)c2ccc(C)cc2)CC1. The van der Waals surface area contributed by atoms with Crippen LogP contribution in [0.2, 0.25) is 0 Å². The highest BCUT2D eigenvalue weighted by Crippen LogP contribution is 2.30. The van der Waals surface area contributed by atoms with E-state index in [0.717, 1.165) is 32.2 Å². The van der Waals surface area contributed by atoms with E-state index in [2.05, 4.69) is 43.1 Å². The number of ether oxygens (including phenoxy) is 1. The van der Waals surface area contributed by atoms with Gasteiger partial charge in [0.2, 0.25) is 0 Å². The molecule has 1 aromatic rings. The van der Waals surface area contributed by atoms with Crippen LogP contribution in [-0.2, 0) is 9.53 Å². The number of hydrogen-bond donors (Lipinski definition) is 0. The van der Waals surface area contributed by atoms with Crippen molar-refractivity contribution in [1.29, 1.82) is 0 Å². The van der Waals surface area contributed by atoms with Crippen LogP contribution in [-0.4, -0.2) is 26.7 Å². The van der Waals surface area contributed by atoms with Crippen molar-refractivity contribution in [3.8, 4) is 0 Å². The lowest BCUT2D eigenvalue weighted by Crippen LogP contribution is -2.30. The van der Waals surface area contributed by atoms with Crippen LogP contribution >= 0.6 is 0 Å². The molecule has 0 bridgehead atoms. The van der Waals surface area contributed by atoms with E-state index in [9.17, 15) is 4.79 Å². The largest absolute Gasteiger partial charge is 0.469 e. The number of carbonyl (C=O) groups excluding carboxylic acids is 1. The predicted octanol–water partition coefficient (Wildman–Crippen LogP) is 3.41. The number of carbonyl (C=O) groups is 1. The van der Waals surface area contributed by atoms with Crippen LogP contribution in [0.1, 0.15) is 31.2 Å². The van der Waals surface area contributed by atoms with Gasteiger partial charge in [-0.1, -0.05) is 17.7 Å². The Bertz CT molecular complexity index is 433. The van der Waals surface area contributed by atoms with Crippen molar-refractivity contribution in [3.63, 3.8) is 0 Å². The zero-order chi connectivity index (χ0) is 14.5. The fourth-order valence-corrected chi connectivity index (χ4v) is 3.04. The van der Waals surface area contributed by atoms with Crippen molar-refractivity contribution in [1.82, 2.24) is 0 Å². The van der Waals surface area contributed by atoms with Gasteiger partial charge in [-0.2, -0.15) is 0 Å². The van der Waals surface area contributed by atoms with Gasteiger partial charge in [0.05, 0.1) is 13.0 Å². The average Bonchev–Trinajstić information content (AvgIpc) is 2.48. The van der Waals surface area contributed by atoms with Crippen LogP contribution in [0.25, 0.3) is 0 Å². The van der Waals surface area contributed by atoms with Gasteiger partial charge in [0.1, 0.15) is 0 Å². The third kappa shape index (κ3) is 3.75. The zero-order valence-corrected chi connectivity index (χ0v) is 12.8. The summed E-state index contributed by atoms with van der Waals surface area (Å²) in [6, 6.07) is 8.66. The third-order valence-electron chi connectivity index (χ3n) is 4.39. The smallest absolute Gasteiger partial charge is 0.308 e. The molecule has 3 nitrogen and oxygen atoms in total. The number of esters is 1. The highest BCUT2D eigenvalue weighted by Gasteiger charge is 2.27. The molecule has 0 saturated heterocycles. The first-order valence-electron chi connectivity index (χ1n) is 7.45. The van der Waals surface area contributed by atoms with E-state index >= 15 is 0 Å². The Balaban J connectivity index is 1.83.